The number of methoxy groups -OCH3 is 1. The van der Waals surface area contributed by atoms with Crippen molar-refractivity contribution in [2.45, 2.75) is 19.3 Å². The zero-order valence-corrected chi connectivity index (χ0v) is 16.0. The number of hydrogen-bond acceptors (Lipinski definition) is 4. The van der Waals surface area contributed by atoms with Crippen molar-refractivity contribution in [1.82, 2.24) is 14.9 Å². The van der Waals surface area contributed by atoms with Gasteiger partial charge in [-0.1, -0.05) is 18.2 Å². The average Bonchev–Trinajstić information content (AvgIpc) is 3.15. The third-order valence-corrected chi connectivity index (χ3v) is 5.49. The van der Waals surface area contributed by atoms with Gasteiger partial charge in [-0.05, 0) is 49.6 Å². The molecule has 4 rings (SSSR count). The first-order valence-corrected chi connectivity index (χ1v) is 9.86. The second-order valence-corrected chi connectivity index (χ2v) is 7.17. The molecule has 1 aliphatic heterocycles. The fourth-order valence-electron chi connectivity index (χ4n) is 3.95. The Morgan fingerprint density at radius 1 is 1.04 bits per heavy atom. The van der Waals surface area contributed by atoms with Crippen molar-refractivity contribution >= 4 is 16.7 Å². The van der Waals surface area contributed by atoms with Gasteiger partial charge in [-0.25, -0.2) is 4.98 Å². The Bertz CT molecular complexity index is 867. The summed E-state index contributed by atoms with van der Waals surface area (Å²) in [4.78, 5) is 12.8. The highest BCUT2D eigenvalue weighted by atomic mass is 16.5. The molecule has 5 heteroatoms. The zero-order chi connectivity index (χ0) is 18.5. The van der Waals surface area contributed by atoms with Gasteiger partial charge in [-0.3, -0.25) is 4.90 Å². The van der Waals surface area contributed by atoms with Gasteiger partial charge in [0, 0.05) is 49.5 Å². The van der Waals surface area contributed by atoms with Crippen molar-refractivity contribution in [2.75, 3.05) is 44.7 Å². The first-order valence-electron chi connectivity index (χ1n) is 9.86. The molecule has 2 aromatic heterocycles. The summed E-state index contributed by atoms with van der Waals surface area (Å²) in [5.41, 5.74) is 2.69. The van der Waals surface area contributed by atoms with E-state index < -0.39 is 0 Å². The Morgan fingerprint density at radius 2 is 1.89 bits per heavy atom. The van der Waals surface area contributed by atoms with Crippen LogP contribution < -0.4 is 9.64 Å². The first-order chi connectivity index (χ1) is 13.3. The molecular formula is C22H28N4O. The number of aromatic amines is 1. The molecule has 0 radical (unpaired) electrons. The van der Waals surface area contributed by atoms with E-state index in [-0.39, 0.29) is 0 Å². The number of anilines is 1. The van der Waals surface area contributed by atoms with Crippen molar-refractivity contribution < 1.29 is 4.74 Å². The van der Waals surface area contributed by atoms with Gasteiger partial charge < -0.3 is 14.6 Å². The number of aromatic nitrogens is 2. The van der Waals surface area contributed by atoms with Crippen LogP contribution in [0.15, 0.2) is 48.8 Å². The zero-order valence-electron chi connectivity index (χ0n) is 16.0. The molecule has 0 aliphatic carbocycles. The number of H-pyrrole nitrogens is 1. The highest BCUT2D eigenvalue weighted by molar-refractivity contribution is 5.82. The van der Waals surface area contributed by atoms with Crippen molar-refractivity contribution in [3.05, 3.63) is 54.4 Å². The van der Waals surface area contributed by atoms with Crippen LogP contribution in [0.1, 0.15) is 18.4 Å². The van der Waals surface area contributed by atoms with Gasteiger partial charge in [-0.15, -0.1) is 0 Å². The molecule has 3 aromatic rings. The summed E-state index contributed by atoms with van der Waals surface area (Å²) in [6.07, 6.45) is 7.64. The highest BCUT2D eigenvalue weighted by Gasteiger charge is 2.20. The molecule has 0 atom stereocenters. The molecule has 1 aromatic carbocycles. The molecule has 27 heavy (non-hydrogen) atoms. The maximum Gasteiger partial charge on any atom is 0.171 e. The number of nitrogens with one attached hydrogen (secondary N) is 1. The SMILES string of the molecule is COc1cccnc1N1CCN(CCCCc2c[nH]c3ccccc23)CC1. The molecule has 1 fully saturated rings. The lowest BCUT2D eigenvalue weighted by Gasteiger charge is -2.35. The minimum atomic E-state index is 0.865. The molecule has 1 N–H and O–H groups in total. The van der Waals surface area contributed by atoms with Crippen molar-refractivity contribution in [3.8, 4) is 5.75 Å². The van der Waals surface area contributed by atoms with Crippen LogP contribution in [0.3, 0.4) is 0 Å². The number of rotatable bonds is 7. The monoisotopic (exact) mass is 364 g/mol. The number of benzene rings is 1. The predicted octanol–water partition coefficient (Wildman–Crippen LogP) is 3.72. The van der Waals surface area contributed by atoms with Crippen LogP contribution in [0.2, 0.25) is 0 Å². The smallest absolute Gasteiger partial charge is 0.171 e. The van der Waals surface area contributed by atoms with Crippen LogP contribution in [0.5, 0.6) is 5.75 Å². The minimum Gasteiger partial charge on any atom is -0.493 e. The summed E-state index contributed by atoms with van der Waals surface area (Å²) >= 11 is 0. The summed E-state index contributed by atoms with van der Waals surface area (Å²) < 4.78 is 5.45. The van der Waals surface area contributed by atoms with Gasteiger partial charge in [0.25, 0.3) is 0 Å². The molecular weight excluding hydrogens is 336 g/mol. The summed E-state index contributed by atoms with van der Waals surface area (Å²) in [6, 6.07) is 12.5. The van der Waals surface area contributed by atoms with E-state index >= 15 is 0 Å². The number of aryl methyl sites for hydroxylation is 1. The first kappa shape index (κ1) is 17.9. The van der Waals surface area contributed by atoms with Crippen molar-refractivity contribution in [3.63, 3.8) is 0 Å². The molecule has 0 spiro atoms. The molecule has 0 unspecified atom stereocenters. The third kappa shape index (κ3) is 4.08. The van der Waals surface area contributed by atoms with E-state index in [4.69, 9.17) is 4.74 Å². The highest BCUT2D eigenvalue weighted by Crippen LogP contribution is 2.25. The van der Waals surface area contributed by atoms with Crippen LogP contribution in [0.4, 0.5) is 5.82 Å². The summed E-state index contributed by atoms with van der Waals surface area (Å²) in [5, 5.41) is 1.37. The van der Waals surface area contributed by atoms with Crippen molar-refractivity contribution in [1.29, 1.82) is 0 Å². The van der Waals surface area contributed by atoms with Crippen LogP contribution in [0.25, 0.3) is 10.9 Å². The lowest BCUT2D eigenvalue weighted by atomic mass is 10.1. The summed E-state index contributed by atoms with van der Waals surface area (Å²) in [6.45, 7) is 5.38. The fraction of sp³-hybridized carbons (Fsp3) is 0.409. The van der Waals surface area contributed by atoms with Crippen LogP contribution in [-0.4, -0.2) is 54.7 Å². The molecule has 0 saturated carbocycles. The minimum absolute atomic E-state index is 0.865. The van der Waals surface area contributed by atoms with Crippen molar-refractivity contribution in [2.24, 2.45) is 0 Å². The van der Waals surface area contributed by atoms with Gasteiger partial charge in [0.15, 0.2) is 11.6 Å². The van der Waals surface area contributed by atoms with Gasteiger partial charge in [0.2, 0.25) is 0 Å². The lowest BCUT2D eigenvalue weighted by molar-refractivity contribution is 0.251. The topological polar surface area (TPSA) is 44.4 Å². The molecule has 1 aliphatic rings. The average molecular weight is 364 g/mol. The number of hydrogen-bond donors (Lipinski definition) is 1. The summed E-state index contributed by atoms with van der Waals surface area (Å²) in [5.74, 6) is 1.84. The number of para-hydroxylation sites is 1. The van der Waals surface area contributed by atoms with Gasteiger partial charge in [0.05, 0.1) is 7.11 Å². The Morgan fingerprint density at radius 3 is 2.74 bits per heavy atom. The van der Waals surface area contributed by atoms with Gasteiger partial charge in [-0.2, -0.15) is 0 Å². The number of fused-ring (bicyclic) bond motifs is 1. The van der Waals surface area contributed by atoms with E-state index in [1.807, 2.05) is 18.3 Å². The second kappa shape index (κ2) is 8.44. The number of nitrogens with zero attached hydrogens (tertiary/aromatic N) is 3. The normalized spacial score (nSPS) is 15.4. The maximum absolute atomic E-state index is 5.45. The van der Waals surface area contributed by atoms with E-state index in [2.05, 4.69) is 50.2 Å². The number of pyridine rings is 1. The van der Waals surface area contributed by atoms with E-state index in [0.717, 1.165) is 44.2 Å². The van der Waals surface area contributed by atoms with Crippen LogP contribution in [0, 0.1) is 0 Å². The van der Waals surface area contributed by atoms with E-state index in [1.54, 1.807) is 7.11 Å². The Hall–Kier alpha value is -2.53. The Kier molecular flexibility index (Phi) is 5.58. The molecule has 5 nitrogen and oxygen atoms in total. The standard InChI is InChI=1S/C22H28N4O/c1-27-21-10-6-11-23-22(21)26-15-13-25(14-16-26)12-5-4-7-18-17-24-20-9-3-2-8-19(18)20/h2-3,6,8-11,17,24H,4-5,7,12-16H2,1H3. The largest absolute Gasteiger partial charge is 0.493 e. The molecule has 3 heterocycles. The number of unbranched alkanes of at least 4 members (excludes halogenated alkanes) is 1. The van der Waals surface area contributed by atoms with E-state index in [1.165, 1.54) is 35.9 Å². The maximum atomic E-state index is 5.45. The predicted molar refractivity (Wildman–Crippen MR) is 111 cm³/mol. The lowest BCUT2D eigenvalue weighted by Crippen LogP contribution is -2.47. The Balaban J connectivity index is 1.22. The second-order valence-electron chi connectivity index (χ2n) is 7.17. The molecule has 0 amide bonds. The molecule has 0 bridgehead atoms. The van der Waals surface area contributed by atoms with E-state index in [0.29, 0.717) is 0 Å². The number of piperazine rings is 1. The number of ether oxygens (including phenoxy) is 1. The van der Waals surface area contributed by atoms with Gasteiger partial charge >= 0.3 is 0 Å². The molecule has 142 valence electrons. The quantitative estimate of drug-likeness (QED) is 0.649. The molecule has 1 saturated heterocycles. The van der Waals surface area contributed by atoms with Crippen LogP contribution >= 0.6 is 0 Å². The summed E-state index contributed by atoms with van der Waals surface area (Å²) in [7, 11) is 1.71. The van der Waals surface area contributed by atoms with Crippen LogP contribution in [-0.2, 0) is 6.42 Å². The fourth-order valence-corrected chi connectivity index (χ4v) is 3.95. The van der Waals surface area contributed by atoms with Gasteiger partial charge in [0.1, 0.15) is 0 Å². The Labute approximate surface area is 161 Å². The third-order valence-electron chi connectivity index (χ3n) is 5.49. The van der Waals surface area contributed by atoms with E-state index in [9.17, 15) is 0 Å².